The predicted octanol–water partition coefficient (Wildman–Crippen LogP) is 5.59. The minimum absolute atomic E-state index is 0.123. The third-order valence-electron chi connectivity index (χ3n) is 8.68. The Labute approximate surface area is 238 Å². The first-order valence-corrected chi connectivity index (χ1v) is 15.2. The number of anilines is 1. The SMILES string of the molecule is CCC[C@H](C)Nc1ncc2c(C3CCN(C(=O)c4ccc(CN(C)C)cc4)CC3)cn([C@H]3CC[C@H](O)CC3)c2n1. The van der Waals surface area contributed by atoms with Crippen LogP contribution in [0.15, 0.2) is 36.7 Å². The van der Waals surface area contributed by atoms with Crippen molar-refractivity contribution in [2.75, 3.05) is 32.5 Å². The maximum atomic E-state index is 13.3. The number of piperidine rings is 1. The average Bonchev–Trinajstić information content (AvgIpc) is 3.32. The van der Waals surface area contributed by atoms with Gasteiger partial charge in [0.05, 0.1) is 6.10 Å². The van der Waals surface area contributed by atoms with Crippen molar-refractivity contribution >= 4 is 22.9 Å². The van der Waals surface area contributed by atoms with E-state index in [1.807, 2.05) is 23.2 Å². The van der Waals surface area contributed by atoms with Gasteiger partial charge in [-0.2, -0.15) is 4.98 Å². The standard InChI is InChI=1S/C32H46N6O2/c1-5-6-22(2)34-32-33-19-28-29(21-38(30(28)35-32)26-11-13-27(39)14-12-26)24-15-17-37(18-16-24)31(40)25-9-7-23(8-10-25)20-36(3)4/h7-10,19,21-22,24,26-27,39H,5-6,11-18,20H2,1-4H3,(H,33,34,35)/t22-,26-,27-/m0/s1. The van der Waals surface area contributed by atoms with E-state index in [2.05, 4.69) is 61.1 Å². The summed E-state index contributed by atoms with van der Waals surface area (Å²) >= 11 is 0. The second-order valence-electron chi connectivity index (χ2n) is 12.2. The Kier molecular flexibility index (Phi) is 9.06. The van der Waals surface area contributed by atoms with Crippen molar-refractivity contribution in [3.63, 3.8) is 0 Å². The summed E-state index contributed by atoms with van der Waals surface area (Å²) in [5.41, 5.74) is 4.27. The quantitative estimate of drug-likeness (QED) is 0.364. The number of hydrogen-bond donors (Lipinski definition) is 2. The molecule has 0 bridgehead atoms. The second-order valence-corrected chi connectivity index (χ2v) is 12.2. The van der Waals surface area contributed by atoms with Gasteiger partial charge in [0.2, 0.25) is 5.95 Å². The van der Waals surface area contributed by atoms with Crippen LogP contribution in [-0.2, 0) is 6.54 Å². The zero-order valence-corrected chi connectivity index (χ0v) is 24.6. The van der Waals surface area contributed by atoms with Gasteiger partial charge < -0.3 is 24.8 Å². The highest BCUT2D eigenvalue weighted by Crippen LogP contribution is 2.38. The van der Waals surface area contributed by atoms with Crippen molar-refractivity contribution in [1.29, 1.82) is 0 Å². The zero-order chi connectivity index (χ0) is 28.2. The molecule has 2 N–H and O–H groups in total. The number of amides is 1. The number of nitrogens with zero attached hydrogens (tertiary/aromatic N) is 5. The van der Waals surface area contributed by atoms with Gasteiger partial charge in [-0.25, -0.2) is 4.98 Å². The van der Waals surface area contributed by atoms with Crippen molar-refractivity contribution in [3.8, 4) is 0 Å². The van der Waals surface area contributed by atoms with Crippen LogP contribution in [0, 0.1) is 0 Å². The molecule has 1 amide bonds. The molecule has 0 spiro atoms. The molecule has 2 fully saturated rings. The molecule has 1 aliphatic carbocycles. The summed E-state index contributed by atoms with van der Waals surface area (Å²) in [6.45, 7) is 6.74. The van der Waals surface area contributed by atoms with Crippen LogP contribution in [0.4, 0.5) is 5.95 Å². The monoisotopic (exact) mass is 546 g/mol. The first-order chi connectivity index (χ1) is 19.3. The summed E-state index contributed by atoms with van der Waals surface area (Å²) in [7, 11) is 4.10. The number of fused-ring (bicyclic) bond motifs is 1. The van der Waals surface area contributed by atoms with Gasteiger partial charge in [0, 0.05) is 55.1 Å². The highest BCUT2D eigenvalue weighted by molar-refractivity contribution is 5.94. The molecule has 8 nitrogen and oxygen atoms in total. The fraction of sp³-hybridized carbons (Fsp3) is 0.594. The lowest BCUT2D eigenvalue weighted by atomic mass is 9.89. The van der Waals surface area contributed by atoms with Crippen LogP contribution in [0.5, 0.6) is 0 Å². The van der Waals surface area contributed by atoms with Gasteiger partial charge in [-0.1, -0.05) is 25.5 Å². The number of aliphatic hydroxyl groups is 1. The molecule has 3 aromatic rings. The van der Waals surface area contributed by atoms with E-state index in [-0.39, 0.29) is 12.0 Å². The van der Waals surface area contributed by atoms with Crippen LogP contribution < -0.4 is 5.32 Å². The molecule has 1 saturated heterocycles. The first-order valence-electron chi connectivity index (χ1n) is 15.2. The molecule has 216 valence electrons. The molecule has 8 heteroatoms. The molecular weight excluding hydrogens is 500 g/mol. The first kappa shape index (κ1) is 28.6. The number of hydrogen-bond acceptors (Lipinski definition) is 6. The summed E-state index contributed by atoms with van der Waals surface area (Å²) in [6, 6.07) is 8.71. The molecular formula is C32H46N6O2. The molecule has 5 rings (SSSR count). The highest BCUT2D eigenvalue weighted by Gasteiger charge is 2.29. The Balaban J connectivity index is 1.33. The molecule has 2 aliphatic rings. The van der Waals surface area contributed by atoms with Crippen molar-refractivity contribution < 1.29 is 9.90 Å². The normalized spacial score (nSPS) is 21.2. The lowest BCUT2D eigenvalue weighted by Gasteiger charge is -2.32. The lowest BCUT2D eigenvalue weighted by molar-refractivity contribution is 0.0713. The maximum Gasteiger partial charge on any atom is 0.253 e. The fourth-order valence-electron chi connectivity index (χ4n) is 6.48. The summed E-state index contributed by atoms with van der Waals surface area (Å²) in [5.74, 6) is 1.18. The predicted molar refractivity (Wildman–Crippen MR) is 161 cm³/mol. The Morgan fingerprint density at radius 2 is 1.80 bits per heavy atom. The Hall–Kier alpha value is -2.97. The molecule has 1 atom stereocenters. The van der Waals surface area contributed by atoms with E-state index < -0.39 is 0 Å². The molecule has 0 radical (unpaired) electrons. The third-order valence-corrected chi connectivity index (χ3v) is 8.68. The van der Waals surface area contributed by atoms with Crippen LogP contribution in [0.3, 0.4) is 0 Å². The molecule has 3 heterocycles. The van der Waals surface area contributed by atoms with Crippen LogP contribution >= 0.6 is 0 Å². The van der Waals surface area contributed by atoms with Gasteiger partial charge in [0.15, 0.2) is 0 Å². The van der Waals surface area contributed by atoms with Gasteiger partial charge in [0.1, 0.15) is 5.65 Å². The molecule has 2 aromatic heterocycles. The number of rotatable bonds is 9. The average molecular weight is 547 g/mol. The van der Waals surface area contributed by atoms with Crippen molar-refractivity contribution in [1.82, 2.24) is 24.3 Å². The Morgan fingerprint density at radius 3 is 2.45 bits per heavy atom. The van der Waals surface area contributed by atoms with Gasteiger partial charge >= 0.3 is 0 Å². The minimum atomic E-state index is -0.189. The molecule has 1 aliphatic heterocycles. The minimum Gasteiger partial charge on any atom is -0.393 e. The number of aromatic nitrogens is 3. The smallest absolute Gasteiger partial charge is 0.253 e. The third kappa shape index (κ3) is 6.50. The van der Waals surface area contributed by atoms with Gasteiger partial charge in [-0.15, -0.1) is 0 Å². The van der Waals surface area contributed by atoms with Crippen molar-refractivity contribution in [2.45, 2.75) is 95.9 Å². The molecule has 0 unspecified atom stereocenters. The summed E-state index contributed by atoms with van der Waals surface area (Å²) in [5, 5.41) is 14.7. The Morgan fingerprint density at radius 1 is 1.10 bits per heavy atom. The van der Waals surface area contributed by atoms with E-state index in [1.165, 1.54) is 11.1 Å². The van der Waals surface area contributed by atoms with Crippen LogP contribution in [0.25, 0.3) is 11.0 Å². The topological polar surface area (TPSA) is 86.5 Å². The summed E-state index contributed by atoms with van der Waals surface area (Å²) in [6.07, 6.45) is 11.8. The Bertz CT molecular complexity index is 1270. The summed E-state index contributed by atoms with van der Waals surface area (Å²) < 4.78 is 2.36. The molecule has 1 saturated carbocycles. The van der Waals surface area contributed by atoms with E-state index in [9.17, 15) is 9.90 Å². The second kappa shape index (κ2) is 12.7. The van der Waals surface area contributed by atoms with E-state index >= 15 is 0 Å². The number of benzene rings is 1. The number of carbonyl (C=O) groups is 1. The van der Waals surface area contributed by atoms with Crippen LogP contribution in [0.1, 0.15) is 98.7 Å². The number of nitrogens with one attached hydrogen (secondary N) is 1. The largest absolute Gasteiger partial charge is 0.393 e. The number of aliphatic hydroxyl groups excluding tert-OH is 1. The summed E-state index contributed by atoms with van der Waals surface area (Å²) in [4.78, 5) is 27.1. The van der Waals surface area contributed by atoms with Gasteiger partial charge in [-0.05, 0) is 95.1 Å². The number of likely N-dealkylation sites (tertiary alicyclic amines) is 1. The van der Waals surface area contributed by atoms with Crippen molar-refractivity contribution in [2.24, 2.45) is 0 Å². The molecule has 1 aromatic carbocycles. The lowest BCUT2D eigenvalue weighted by Crippen LogP contribution is -2.37. The van der Waals surface area contributed by atoms with E-state index in [0.717, 1.165) is 87.6 Å². The van der Waals surface area contributed by atoms with E-state index in [1.54, 1.807) is 0 Å². The fourth-order valence-corrected chi connectivity index (χ4v) is 6.48. The van der Waals surface area contributed by atoms with Crippen LogP contribution in [0.2, 0.25) is 0 Å². The molecule has 40 heavy (non-hydrogen) atoms. The highest BCUT2D eigenvalue weighted by atomic mass is 16.3. The number of carbonyl (C=O) groups excluding carboxylic acids is 1. The van der Waals surface area contributed by atoms with Gasteiger partial charge in [0.25, 0.3) is 5.91 Å². The maximum absolute atomic E-state index is 13.3. The van der Waals surface area contributed by atoms with Crippen LogP contribution in [-0.4, -0.2) is 74.7 Å². The van der Waals surface area contributed by atoms with E-state index in [4.69, 9.17) is 9.97 Å². The van der Waals surface area contributed by atoms with E-state index in [0.29, 0.717) is 23.9 Å². The zero-order valence-electron chi connectivity index (χ0n) is 24.6. The van der Waals surface area contributed by atoms with Gasteiger partial charge in [-0.3, -0.25) is 4.79 Å². The van der Waals surface area contributed by atoms with Crippen molar-refractivity contribution in [3.05, 3.63) is 53.3 Å².